The second-order valence-electron chi connectivity index (χ2n) is 8.10. The van der Waals surface area contributed by atoms with Crippen molar-refractivity contribution < 1.29 is 28.7 Å². The van der Waals surface area contributed by atoms with Crippen LogP contribution in [-0.4, -0.2) is 42.9 Å². The molecule has 36 heavy (non-hydrogen) atoms. The van der Waals surface area contributed by atoms with Gasteiger partial charge in [0.25, 0.3) is 17.7 Å². The van der Waals surface area contributed by atoms with E-state index in [1.54, 1.807) is 31.2 Å². The van der Waals surface area contributed by atoms with Crippen LogP contribution >= 0.6 is 0 Å². The van der Waals surface area contributed by atoms with Crippen molar-refractivity contribution in [2.45, 2.75) is 26.3 Å². The molecule has 1 unspecified atom stereocenters. The Hall–Kier alpha value is -4.46. The van der Waals surface area contributed by atoms with Gasteiger partial charge >= 0.3 is 5.97 Å². The highest BCUT2D eigenvalue weighted by Crippen LogP contribution is 2.30. The molecule has 0 saturated carbocycles. The van der Waals surface area contributed by atoms with Crippen LogP contribution in [0.5, 0.6) is 5.75 Å². The lowest BCUT2D eigenvalue weighted by Crippen LogP contribution is -2.43. The molecule has 1 atom stereocenters. The normalized spacial score (nSPS) is 13.2. The molecule has 3 aromatic rings. The van der Waals surface area contributed by atoms with Gasteiger partial charge in [0.15, 0.2) is 0 Å². The van der Waals surface area contributed by atoms with Crippen LogP contribution in [0.4, 0.5) is 5.69 Å². The molecular weight excluding hydrogens is 460 g/mol. The van der Waals surface area contributed by atoms with Crippen molar-refractivity contribution in [3.8, 4) is 5.75 Å². The summed E-state index contributed by atoms with van der Waals surface area (Å²) in [5.74, 6) is -1.47. The second kappa shape index (κ2) is 10.9. The summed E-state index contributed by atoms with van der Waals surface area (Å²) in [6.07, 6.45) is 0.249. The number of anilines is 1. The van der Waals surface area contributed by atoms with Gasteiger partial charge in [-0.1, -0.05) is 30.3 Å². The minimum Gasteiger partial charge on any atom is -0.494 e. The van der Waals surface area contributed by atoms with E-state index < -0.39 is 29.7 Å². The fourth-order valence-electron chi connectivity index (χ4n) is 4.00. The number of nitrogens with zero attached hydrogens (tertiary/aromatic N) is 1. The van der Waals surface area contributed by atoms with E-state index in [9.17, 15) is 19.2 Å². The minimum atomic E-state index is -0.911. The number of esters is 1. The summed E-state index contributed by atoms with van der Waals surface area (Å²) in [5.41, 5.74) is 1.75. The Morgan fingerprint density at radius 1 is 0.861 bits per heavy atom. The van der Waals surface area contributed by atoms with Gasteiger partial charge in [0.2, 0.25) is 0 Å². The van der Waals surface area contributed by atoms with Gasteiger partial charge in [0, 0.05) is 12.0 Å². The highest BCUT2D eigenvalue weighted by atomic mass is 16.5. The van der Waals surface area contributed by atoms with E-state index in [1.807, 2.05) is 37.3 Å². The first-order valence-electron chi connectivity index (χ1n) is 11.7. The fourth-order valence-corrected chi connectivity index (χ4v) is 4.00. The number of imide groups is 1. The molecule has 0 bridgehead atoms. The molecule has 0 aromatic heterocycles. The van der Waals surface area contributed by atoms with Gasteiger partial charge in [-0.25, -0.2) is 9.69 Å². The number of carbonyl (C=O) groups is 4. The van der Waals surface area contributed by atoms with Crippen LogP contribution in [-0.2, 0) is 16.0 Å². The number of benzene rings is 3. The van der Waals surface area contributed by atoms with Gasteiger partial charge in [0.1, 0.15) is 11.8 Å². The molecule has 0 fully saturated rings. The Labute approximate surface area is 208 Å². The zero-order chi connectivity index (χ0) is 25.7. The van der Waals surface area contributed by atoms with E-state index in [4.69, 9.17) is 9.47 Å². The highest BCUT2D eigenvalue weighted by molar-refractivity contribution is 6.34. The largest absolute Gasteiger partial charge is 0.494 e. The van der Waals surface area contributed by atoms with Crippen LogP contribution in [0.2, 0.25) is 0 Å². The van der Waals surface area contributed by atoms with E-state index in [1.165, 1.54) is 18.2 Å². The zero-order valence-electron chi connectivity index (χ0n) is 20.0. The van der Waals surface area contributed by atoms with Gasteiger partial charge in [-0.15, -0.1) is 0 Å². The van der Waals surface area contributed by atoms with Crippen molar-refractivity contribution in [2.75, 3.05) is 18.1 Å². The number of hydrogen-bond acceptors (Lipinski definition) is 6. The zero-order valence-corrected chi connectivity index (χ0v) is 20.0. The number of hydrogen-bond donors (Lipinski definition) is 1. The summed E-state index contributed by atoms with van der Waals surface area (Å²) in [6, 6.07) is 19.3. The average Bonchev–Trinajstić information content (AvgIpc) is 3.14. The molecule has 1 heterocycles. The molecule has 1 aliphatic rings. The fraction of sp³-hybridized carbons (Fsp3) is 0.214. The SMILES string of the molecule is CCOC(=O)C(Cc1ccccc1)NC(=O)c1ccc2c(c1)C(=O)N(c1ccc(OCC)cc1)C2=O. The predicted molar refractivity (Wildman–Crippen MR) is 133 cm³/mol. The Kier molecular flexibility index (Phi) is 7.44. The lowest BCUT2D eigenvalue weighted by Gasteiger charge is -2.17. The number of fused-ring (bicyclic) bond motifs is 1. The Bertz CT molecular complexity index is 1290. The van der Waals surface area contributed by atoms with Gasteiger partial charge in [-0.05, 0) is 61.9 Å². The molecule has 0 spiro atoms. The van der Waals surface area contributed by atoms with Crippen LogP contribution in [0, 0.1) is 0 Å². The molecule has 8 heteroatoms. The summed E-state index contributed by atoms with van der Waals surface area (Å²) in [4.78, 5) is 52.7. The molecule has 8 nitrogen and oxygen atoms in total. The molecule has 0 radical (unpaired) electrons. The van der Waals surface area contributed by atoms with Crippen LogP contribution in [0.1, 0.15) is 50.5 Å². The standard InChI is InChI=1S/C28H26N2O6/c1-3-35-21-13-11-20(12-14-21)30-26(32)22-15-10-19(17-23(22)27(30)33)25(31)29-24(28(34)36-4-2)16-18-8-6-5-7-9-18/h5-15,17,24H,3-4,16H2,1-2H3,(H,29,31). The number of amides is 3. The maximum Gasteiger partial charge on any atom is 0.328 e. The molecule has 3 aromatic carbocycles. The van der Waals surface area contributed by atoms with Gasteiger partial charge in [0.05, 0.1) is 30.0 Å². The van der Waals surface area contributed by atoms with Crippen LogP contribution in [0.3, 0.4) is 0 Å². The Morgan fingerprint density at radius 3 is 2.22 bits per heavy atom. The summed E-state index contributed by atoms with van der Waals surface area (Å²) >= 11 is 0. The third kappa shape index (κ3) is 5.12. The van der Waals surface area contributed by atoms with Crippen LogP contribution < -0.4 is 15.0 Å². The second-order valence-corrected chi connectivity index (χ2v) is 8.10. The lowest BCUT2D eigenvalue weighted by molar-refractivity contribution is -0.145. The number of rotatable bonds is 9. The summed E-state index contributed by atoms with van der Waals surface area (Å²) in [6.45, 7) is 4.23. The maximum atomic E-state index is 13.1. The average molecular weight is 487 g/mol. The monoisotopic (exact) mass is 486 g/mol. The van der Waals surface area contributed by atoms with Gasteiger partial charge < -0.3 is 14.8 Å². The van der Waals surface area contributed by atoms with Crippen LogP contribution in [0.25, 0.3) is 0 Å². The molecular formula is C28H26N2O6. The van der Waals surface area contributed by atoms with E-state index in [2.05, 4.69) is 5.32 Å². The van der Waals surface area contributed by atoms with Crippen molar-refractivity contribution in [3.63, 3.8) is 0 Å². The Morgan fingerprint density at radius 2 is 1.56 bits per heavy atom. The van der Waals surface area contributed by atoms with Crippen molar-refractivity contribution in [3.05, 3.63) is 95.1 Å². The molecule has 4 rings (SSSR count). The first-order chi connectivity index (χ1) is 17.4. The number of nitrogens with one attached hydrogen (secondary N) is 1. The maximum absolute atomic E-state index is 13.1. The van der Waals surface area contributed by atoms with Crippen molar-refractivity contribution >= 4 is 29.4 Å². The molecule has 0 saturated heterocycles. The van der Waals surface area contributed by atoms with E-state index in [0.29, 0.717) is 18.0 Å². The van der Waals surface area contributed by atoms with Crippen LogP contribution in [0.15, 0.2) is 72.8 Å². The predicted octanol–water partition coefficient (Wildman–Crippen LogP) is 3.79. The number of carbonyl (C=O) groups excluding carboxylic acids is 4. The third-order valence-corrected chi connectivity index (χ3v) is 5.71. The van der Waals surface area contributed by atoms with E-state index >= 15 is 0 Å². The summed E-state index contributed by atoms with van der Waals surface area (Å²) < 4.78 is 10.6. The van der Waals surface area contributed by atoms with Crippen molar-refractivity contribution in [1.29, 1.82) is 0 Å². The molecule has 3 amide bonds. The lowest BCUT2D eigenvalue weighted by atomic mass is 10.0. The summed E-state index contributed by atoms with van der Waals surface area (Å²) in [5, 5.41) is 2.71. The minimum absolute atomic E-state index is 0.122. The summed E-state index contributed by atoms with van der Waals surface area (Å²) in [7, 11) is 0. The third-order valence-electron chi connectivity index (χ3n) is 5.71. The van der Waals surface area contributed by atoms with Gasteiger partial charge in [-0.2, -0.15) is 0 Å². The Balaban J connectivity index is 1.54. The first-order valence-corrected chi connectivity index (χ1v) is 11.7. The molecule has 1 aliphatic heterocycles. The van der Waals surface area contributed by atoms with Gasteiger partial charge in [-0.3, -0.25) is 14.4 Å². The first kappa shape index (κ1) is 24.7. The van der Waals surface area contributed by atoms with Crippen molar-refractivity contribution in [2.24, 2.45) is 0 Å². The molecule has 184 valence electrons. The smallest absolute Gasteiger partial charge is 0.328 e. The van der Waals surface area contributed by atoms with E-state index in [-0.39, 0.29) is 29.7 Å². The topological polar surface area (TPSA) is 102 Å². The molecule has 0 aliphatic carbocycles. The quantitative estimate of drug-likeness (QED) is 0.365. The van der Waals surface area contributed by atoms with E-state index in [0.717, 1.165) is 10.5 Å². The molecule has 1 N–H and O–H groups in total. The highest BCUT2D eigenvalue weighted by Gasteiger charge is 2.37. The number of ether oxygens (including phenoxy) is 2. The van der Waals surface area contributed by atoms with Crippen molar-refractivity contribution in [1.82, 2.24) is 5.32 Å².